The van der Waals surface area contributed by atoms with Crippen molar-refractivity contribution in [3.8, 4) is 0 Å². The van der Waals surface area contributed by atoms with Crippen LogP contribution in [-0.4, -0.2) is 34.3 Å². The number of rotatable bonds is 3. The fourth-order valence-electron chi connectivity index (χ4n) is 3.33. The molecule has 0 bridgehead atoms. The van der Waals surface area contributed by atoms with E-state index in [2.05, 4.69) is 12.2 Å². The maximum Gasteiger partial charge on any atom is 0.246 e. The second-order valence-corrected chi connectivity index (χ2v) is 6.54. The largest absolute Gasteiger partial charge is 0.342 e. The zero-order valence-electron chi connectivity index (χ0n) is 12.5. The average Bonchev–Trinajstić information content (AvgIpc) is 2.86. The van der Waals surface area contributed by atoms with Crippen LogP contribution >= 0.6 is 0 Å². The summed E-state index contributed by atoms with van der Waals surface area (Å²) in [4.78, 5) is 27.0. The summed E-state index contributed by atoms with van der Waals surface area (Å²) in [5, 5.41) is 2.93. The summed E-state index contributed by atoms with van der Waals surface area (Å²) in [6, 6.07) is -0.0915. The molecule has 19 heavy (non-hydrogen) atoms. The van der Waals surface area contributed by atoms with Crippen LogP contribution in [0.15, 0.2) is 0 Å². The van der Waals surface area contributed by atoms with Crippen molar-refractivity contribution < 1.29 is 9.59 Å². The Morgan fingerprint density at radius 3 is 2.42 bits per heavy atom. The standard InChI is InChI=1S/C15H26N2O2/c1-5-10(2)12-13(18)17(11-8-6-7-9-11)15(3,4)14(19)16-12/h10-12H,5-9H2,1-4H3,(H,16,19). The molecule has 4 nitrogen and oxygen atoms in total. The molecule has 0 spiro atoms. The molecule has 2 amide bonds. The predicted molar refractivity (Wildman–Crippen MR) is 74.6 cm³/mol. The van der Waals surface area contributed by atoms with Crippen molar-refractivity contribution in [2.24, 2.45) is 5.92 Å². The summed E-state index contributed by atoms with van der Waals surface area (Å²) < 4.78 is 0. The molecule has 1 aliphatic carbocycles. The zero-order chi connectivity index (χ0) is 14.2. The van der Waals surface area contributed by atoms with E-state index >= 15 is 0 Å². The van der Waals surface area contributed by atoms with Gasteiger partial charge in [-0.2, -0.15) is 0 Å². The lowest BCUT2D eigenvalue weighted by Crippen LogP contribution is -2.71. The molecular weight excluding hydrogens is 240 g/mol. The molecule has 1 saturated carbocycles. The van der Waals surface area contributed by atoms with Crippen LogP contribution in [0, 0.1) is 5.92 Å². The predicted octanol–water partition coefficient (Wildman–Crippen LogP) is 2.08. The van der Waals surface area contributed by atoms with Gasteiger partial charge < -0.3 is 10.2 Å². The van der Waals surface area contributed by atoms with Crippen molar-refractivity contribution in [2.45, 2.75) is 77.4 Å². The monoisotopic (exact) mass is 266 g/mol. The highest BCUT2D eigenvalue weighted by atomic mass is 16.2. The molecule has 0 aromatic carbocycles. The Balaban J connectivity index is 2.29. The Labute approximate surface area is 115 Å². The minimum Gasteiger partial charge on any atom is -0.342 e. The van der Waals surface area contributed by atoms with Gasteiger partial charge in [-0.1, -0.05) is 33.1 Å². The van der Waals surface area contributed by atoms with Gasteiger partial charge in [0.15, 0.2) is 0 Å². The van der Waals surface area contributed by atoms with Crippen LogP contribution in [0.25, 0.3) is 0 Å². The summed E-state index contributed by atoms with van der Waals surface area (Å²) in [5.74, 6) is 0.298. The first kappa shape index (κ1) is 14.4. The summed E-state index contributed by atoms with van der Waals surface area (Å²) in [7, 11) is 0. The number of amides is 2. The van der Waals surface area contributed by atoms with Gasteiger partial charge in [0.25, 0.3) is 0 Å². The highest BCUT2D eigenvalue weighted by Crippen LogP contribution is 2.33. The maximum absolute atomic E-state index is 12.8. The highest BCUT2D eigenvalue weighted by Gasteiger charge is 2.50. The van der Waals surface area contributed by atoms with Crippen LogP contribution < -0.4 is 5.32 Å². The van der Waals surface area contributed by atoms with E-state index in [0.717, 1.165) is 19.3 Å². The van der Waals surface area contributed by atoms with Gasteiger partial charge in [0.1, 0.15) is 11.6 Å². The van der Waals surface area contributed by atoms with Crippen LogP contribution in [0.1, 0.15) is 59.8 Å². The van der Waals surface area contributed by atoms with Crippen LogP contribution in [0.5, 0.6) is 0 Å². The lowest BCUT2D eigenvalue weighted by atomic mass is 9.87. The second kappa shape index (κ2) is 5.14. The third kappa shape index (κ3) is 2.37. The lowest BCUT2D eigenvalue weighted by Gasteiger charge is -2.48. The molecule has 2 aliphatic rings. The molecule has 1 saturated heterocycles. The van der Waals surface area contributed by atoms with E-state index < -0.39 is 5.54 Å². The van der Waals surface area contributed by atoms with Crippen molar-refractivity contribution in [2.75, 3.05) is 0 Å². The summed E-state index contributed by atoms with van der Waals surface area (Å²) in [5.41, 5.74) is -0.712. The molecular formula is C15H26N2O2. The van der Waals surface area contributed by atoms with Gasteiger partial charge in [-0.15, -0.1) is 0 Å². The first-order valence-corrected chi connectivity index (χ1v) is 7.53. The van der Waals surface area contributed by atoms with E-state index in [1.807, 2.05) is 25.7 Å². The number of carbonyl (C=O) groups is 2. The number of hydrogen-bond donors (Lipinski definition) is 1. The fraction of sp³-hybridized carbons (Fsp3) is 0.867. The molecule has 2 unspecified atom stereocenters. The molecule has 2 rings (SSSR count). The summed E-state index contributed by atoms with van der Waals surface area (Å²) in [6.07, 6.45) is 5.31. The topological polar surface area (TPSA) is 49.4 Å². The first-order valence-electron chi connectivity index (χ1n) is 7.53. The number of piperazine rings is 1. The molecule has 1 N–H and O–H groups in total. The fourth-order valence-corrected chi connectivity index (χ4v) is 3.33. The second-order valence-electron chi connectivity index (χ2n) is 6.54. The molecule has 4 heteroatoms. The normalized spacial score (nSPS) is 29.5. The molecule has 2 fully saturated rings. The average molecular weight is 266 g/mol. The smallest absolute Gasteiger partial charge is 0.246 e. The Morgan fingerprint density at radius 1 is 1.32 bits per heavy atom. The Bertz CT molecular complexity index is 372. The van der Waals surface area contributed by atoms with Gasteiger partial charge in [0.2, 0.25) is 11.8 Å². The van der Waals surface area contributed by atoms with Crippen molar-refractivity contribution >= 4 is 11.8 Å². The number of nitrogens with zero attached hydrogens (tertiary/aromatic N) is 1. The van der Waals surface area contributed by atoms with E-state index in [1.54, 1.807) is 0 Å². The number of carbonyl (C=O) groups excluding carboxylic acids is 2. The van der Waals surface area contributed by atoms with Crippen LogP contribution in [0.2, 0.25) is 0 Å². The number of hydrogen-bond acceptors (Lipinski definition) is 2. The van der Waals surface area contributed by atoms with Gasteiger partial charge >= 0.3 is 0 Å². The van der Waals surface area contributed by atoms with E-state index in [0.29, 0.717) is 0 Å². The molecule has 1 heterocycles. The van der Waals surface area contributed by atoms with Crippen LogP contribution in [-0.2, 0) is 9.59 Å². The SMILES string of the molecule is CCC(C)C1NC(=O)C(C)(C)N(C2CCCC2)C1=O. The van der Waals surface area contributed by atoms with Crippen LogP contribution in [0.4, 0.5) is 0 Å². The minimum absolute atomic E-state index is 0.00991. The maximum atomic E-state index is 12.8. The van der Waals surface area contributed by atoms with Crippen molar-refractivity contribution in [1.82, 2.24) is 10.2 Å². The van der Waals surface area contributed by atoms with Gasteiger partial charge in [0, 0.05) is 6.04 Å². The van der Waals surface area contributed by atoms with Crippen molar-refractivity contribution in [3.05, 3.63) is 0 Å². The van der Waals surface area contributed by atoms with Gasteiger partial charge in [-0.3, -0.25) is 9.59 Å². The zero-order valence-corrected chi connectivity index (χ0v) is 12.5. The minimum atomic E-state index is -0.712. The Hall–Kier alpha value is -1.06. The lowest BCUT2D eigenvalue weighted by molar-refractivity contribution is -0.160. The number of nitrogens with one attached hydrogen (secondary N) is 1. The molecule has 1 aliphatic heterocycles. The Kier molecular flexibility index (Phi) is 3.88. The van der Waals surface area contributed by atoms with Gasteiger partial charge in [-0.25, -0.2) is 0 Å². The van der Waals surface area contributed by atoms with Gasteiger partial charge in [0.05, 0.1) is 0 Å². The van der Waals surface area contributed by atoms with Crippen molar-refractivity contribution in [1.29, 1.82) is 0 Å². The third-order valence-electron chi connectivity index (χ3n) is 4.85. The molecule has 2 atom stereocenters. The van der Waals surface area contributed by atoms with Gasteiger partial charge in [-0.05, 0) is 32.6 Å². The summed E-state index contributed by atoms with van der Waals surface area (Å²) in [6.45, 7) is 7.83. The quantitative estimate of drug-likeness (QED) is 0.850. The first-order chi connectivity index (χ1) is 8.89. The van der Waals surface area contributed by atoms with E-state index in [9.17, 15) is 9.59 Å². The molecule has 108 valence electrons. The highest BCUT2D eigenvalue weighted by molar-refractivity contribution is 5.99. The van der Waals surface area contributed by atoms with E-state index in [-0.39, 0.29) is 29.8 Å². The van der Waals surface area contributed by atoms with E-state index in [1.165, 1.54) is 12.8 Å². The summed E-state index contributed by atoms with van der Waals surface area (Å²) >= 11 is 0. The molecule has 0 aromatic heterocycles. The molecule has 0 aromatic rings. The Morgan fingerprint density at radius 2 is 1.89 bits per heavy atom. The van der Waals surface area contributed by atoms with Crippen LogP contribution in [0.3, 0.4) is 0 Å². The third-order valence-corrected chi connectivity index (χ3v) is 4.85. The van der Waals surface area contributed by atoms with Crippen molar-refractivity contribution in [3.63, 3.8) is 0 Å². The van der Waals surface area contributed by atoms with E-state index in [4.69, 9.17) is 0 Å². The molecule has 0 radical (unpaired) electrons.